The van der Waals surface area contributed by atoms with Crippen molar-refractivity contribution in [2.45, 2.75) is 31.4 Å². The monoisotopic (exact) mass is 367 g/mol. The number of hydrogen-bond acceptors (Lipinski definition) is 3. The number of carbonyl (C=O) groups is 1. The van der Waals surface area contributed by atoms with Crippen LogP contribution in [0.25, 0.3) is 11.0 Å². The van der Waals surface area contributed by atoms with Gasteiger partial charge in [-0.2, -0.15) is 0 Å². The third-order valence-electron chi connectivity index (χ3n) is 5.23. The summed E-state index contributed by atoms with van der Waals surface area (Å²) in [7, 11) is 0. The highest BCUT2D eigenvalue weighted by Gasteiger charge is 2.39. The number of carbonyl (C=O) groups excluding carboxylic acids is 1. The second kappa shape index (κ2) is 6.02. The van der Waals surface area contributed by atoms with E-state index in [2.05, 4.69) is 4.98 Å². The Bertz CT molecular complexity index is 967. The first kappa shape index (κ1) is 15.7. The molecule has 0 saturated carbocycles. The van der Waals surface area contributed by atoms with E-state index in [9.17, 15) is 4.79 Å². The van der Waals surface area contributed by atoms with Crippen molar-refractivity contribution in [3.63, 3.8) is 0 Å². The van der Waals surface area contributed by atoms with E-state index in [1.165, 1.54) is 0 Å². The molecule has 0 bridgehead atoms. The molecule has 1 amide bonds. The molecule has 1 fully saturated rings. The highest BCUT2D eigenvalue weighted by atomic mass is 35.5. The Labute approximate surface area is 155 Å². The van der Waals surface area contributed by atoms with Crippen molar-refractivity contribution in [2.75, 3.05) is 6.54 Å². The van der Waals surface area contributed by atoms with Gasteiger partial charge in [0, 0.05) is 18.0 Å². The van der Waals surface area contributed by atoms with Crippen LogP contribution < -0.4 is 4.74 Å². The molecule has 3 aromatic rings. The molecule has 0 unspecified atom stereocenters. The molecule has 0 spiro atoms. The van der Waals surface area contributed by atoms with Crippen LogP contribution in [-0.2, 0) is 11.2 Å². The fourth-order valence-corrected chi connectivity index (χ4v) is 4.18. The zero-order valence-corrected chi connectivity index (χ0v) is 14.9. The van der Waals surface area contributed by atoms with E-state index in [1.807, 2.05) is 41.3 Å². The minimum atomic E-state index is -0.478. The number of nitrogens with one attached hydrogen (secondary N) is 1. The van der Waals surface area contributed by atoms with Gasteiger partial charge in [-0.25, -0.2) is 4.98 Å². The maximum Gasteiger partial charge on any atom is 0.264 e. The van der Waals surface area contributed by atoms with Crippen LogP contribution in [0.3, 0.4) is 0 Å². The van der Waals surface area contributed by atoms with Crippen LogP contribution in [0.4, 0.5) is 0 Å². The normalized spacial score (nSPS) is 21.8. The van der Waals surface area contributed by atoms with Crippen LogP contribution in [0.5, 0.6) is 5.75 Å². The van der Waals surface area contributed by atoms with Crippen molar-refractivity contribution >= 4 is 28.5 Å². The average Bonchev–Trinajstić information content (AvgIpc) is 3.36. The van der Waals surface area contributed by atoms with E-state index in [4.69, 9.17) is 21.3 Å². The summed E-state index contributed by atoms with van der Waals surface area (Å²) in [4.78, 5) is 23.1. The zero-order chi connectivity index (χ0) is 17.7. The molecule has 0 aliphatic carbocycles. The smallest absolute Gasteiger partial charge is 0.264 e. The van der Waals surface area contributed by atoms with Gasteiger partial charge in [0.15, 0.2) is 6.10 Å². The maximum absolute atomic E-state index is 13.1. The van der Waals surface area contributed by atoms with E-state index in [0.717, 1.165) is 47.6 Å². The van der Waals surface area contributed by atoms with Crippen LogP contribution in [0.2, 0.25) is 5.02 Å². The molecule has 2 aliphatic heterocycles. The Kier molecular flexibility index (Phi) is 3.64. The molecule has 0 radical (unpaired) electrons. The molecule has 2 atom stereocenters. The van der Waals surface area contributed by atoms with Gasteiger partial charge in [0.25, 0.3) is 5.91 Å². The standard InChI is InChI=1S/C20H18ClN3O2/c21-13-7-8-17-12(10-13)11-18(26-17)20(25)24-9-3-6-16(24)19-22-14-4-1-2-5-15(14)23-19/h1-2,4-5,7-8,10,16,18H,3,6,9,11H2,(H,22,23)/t16-,18-/m0/s1. The first-order valence-electron chi connectivity index (χ1n) is 8.89. The first-order valence-corrected chi connectivity index (χ1v) is 9.27. The van der Waals surface area contributed by atoms with E-state index >= 15 is 0 Å². The number of benzene rings is 2. The Morgan fingerprint density at radius 3 is 3.04 bits per heavy atom. The molecule has 6 heteroatoms. The summed E-state index contributed by atoms with van der Waals surface area (Å²) in [6.45, 7) is 0.734. The number of ether oxygens (including phenoxy) is 1. The lowest BCUT2D eigenvalue weighted by Gasteiger charge is -2.25. The van der Waals surface area contributed by atoms with Gasteiger partial charge in [0.05, 0.1) is 17.1 Å². The molecule has 132 valence electrons. The predicted octanol–water partition coefficient (Wildman–Crippen LogP) is 3.88. The van der Waals surface area contributed by atoms with Crippen LogP contribution in [0.15, 0.2) is 42.5 Å². The third kappa shape index (κ3) is 2.54. The van der Waals surface area contributed by atoms with E-state index in [-0.39, 0.29) is 11.9 Å². The number of amides is 1. The molecule has 2 aromatic carbocycles. The summed E-state index contributed by atoms with van der Waals surface area (Å²) < 4.78 is 5.90. The fraction of sp³-hybridized carbons (Fsp3) is 0.300. The number of fused-ring (bicyclic) bond motifs is 2. The first-order chi connectivity index (χ1) is 12.7. The number of nitrogens with zero attached hydrogens (tertiary/aromatic N) is 2. The number of para-hydroxylation sites is 2. The van der Waals surface area contributed by atoms with Gasteiger partial charge >= 0.3 is 0 Å². The van der Waals surface area contributed by atoms with Gasteiger partial charge in [-0.05, 0) is 48.7 Å². The lowest BCUT2D eigenvalue weighted by Crippen LogP contribution is -2.41. The van der Waals surface area contributed by atoms with Gasteiger partial charge in [0.1, 0.15) is 11.6 Å². The maximum atomic E-state index is 13.1. The van der Waals surface area contributed by atoms with Gasteiger partial charge in [-0.3, -0.25) is 4.79 Å². The third-order valence-corrected chi connectivity index (χ3v) is 5.47. The summed E-state index contributed by atoms with van der Waals surface area (Å²) in [6, 6.07) is 13.4. The van der Waals surface area contributed by atoms with E-state index < -0.39 is 6.10 Å². The summed E-state index contributed by atoms with van der Waals surface area (Å²) in [5.74, 6) is 1.64. The molecule has 3 heterocycles. The minimum absolute atomic E-state index is 0.0224. The number of aromatic amines is 1. The highest BCUT2D eigenvalue weighted by molar-refractivity contribution is 6.30. The topological polar surface area (TPSA) is 58.2 Å². The van der Waals surface area contributed by atoms with E-state index in [0.29, 0.717) is 11.4 Å². The molecular weight excluding hydrogens is 350 g/mol. The lowest BCUT2D eigenvalue weighted by atomic mass is 10.1. The predicted molar refractivity (Wildman–Crippen MR) is 99.4 cm³/mol. The molecule has 1 N–H and O–H groups in total. The van der Waals surface area contributed by atoms with Gasteiger partial charge < -0.3 is 14.6 Å². The zero-order valence-electron chi connectivity index (χ0n) is 14.1. The van der Waals surface area contributed by atoms with Crippen LogP contribution >= 0.6 is 11.6 Å². The van der Waals surface area contributed by atoms with Crippen molar-refractivity contribution in [3.05, 3.63) is 58.9 Å². The number of likely N-dealkylation sites (tertiary alicyclic amines) is 1. The second-order valence-corrected chi connectivity index (χ2v) is 7.33. The average molecular weight is 368 g/mol. The minimum Gasteiger partial charge on any atom is -0.480 e. The largest absolute Gasteiger partial charge is 0.480 e. The fourth-order valence-electron chi connectivity index (χ4n) is 3.98. The number of rotatable bonds is 2. The molecule has 1 aromatic heterocycles. The SMILES string of the molecule is O=C([C@@H]1Cc2cc(Cl)ccc2O1)N1CCC[C@H]1c1nc2ccccc2[nH]1. The second-order valence-electron chi connectivity index (χ2n) is 6.89. The van der Waals surface area contributed by atoms with Crippen LogP contribution in [-0.4, -0.2) is 33.4 Å². The summed E-state index contributed by atoms with van der Waals surface area (Å²) in [6.07, 6.45) is 1.97. The van der Waals surface area contributed by atoms with Crippen molar-refractivity contribution in [1.29, 1.82) is 0 Å². The molecule has 5 rings (SSSR count). The number of aromatic nitrogens is 2. The lowest BCUT2D eigenvalue weighted by molar-refractivity contribution is -0.139. The quantitative estimate of drug-likeness (QED) is 0.747. The number of halogens is 1. The number of H-pyrrole nitrogens is 1. The van der Waals surface area contributed by atoms with Gasteiger partial charge in [-0.1, -0.05) is 23.7 Å². The molecule has 2 aliphatic rings. The van der Waals surface area contributed by atoms with Crippen LogP contribution in [0, 0.1) is 0 Å². The Hall–Kier alpha value is -2.53. The highest BCUT2D eigenvalue weighted by Crippen LogP contribution is 2.36. The van der Waals surface area contributed by atoms with Crippen molar-refractivity contribution in [1.82, 2.24) is 14.9 Å². The Balaban J connectivity index is 1.39. The van der Waals surface area contributed by atoms with Gasteiger partial charge in [0.2, 0.25) is 0 Å². The number of hydrogen-bond donors (Lipinski definition) is 1. The molecule has 5 nitrogen and oxygen atoms in total. The van der Waals surface area contributed by atoms with Gasteiger partial charge in [-0.15, -0.1) is 0 Å². The van der Waals surface area contributed by atoms with E-state index in [1.54, 1.807) is 6.07 Å². The van der Waals surface area contributed by atoms with Crippen molar-refractivity contribution in [3.8, 4) is 5.75 Å². The summed E-state index contributed by atoms with van der Waals surface area (Å²) in [5.41, 5.74) is 2.93. The number of imidazole rings is 1. The molecule has 26 heavy (non-hydrogen) atoms. The van der Waals surface area contributed by atoms with Crippen LogP contribution in [0.1, 0.15) is 30.3 Å². The summed E-state index contributed by atoms with van der Waals surface area (Å²) in [5, 5.41) is 0.668. The van der Waals surface area contributed by atoms with Crippen molar-refractivity contribution in [2.24, 2.45) is 0 Å². The molecular formula is C20H18ClN3O2. The Morgan fingerprint density at radius 1 is 1.27 bits per heavy atom. The Morgan fingerprint density at radius 2 is 2.15 bits per heavy atom. The van der Waals surface area contributed by atoms with Crippen molar-refractivity contribution < 1.29 is 9.53 Å². The summed E-state index contributed by atoms with van der Waals surface area (Å²) >= 11 is 6.06. The molecule has 1 saturated heterocycles.